The summed E-state index contributed by atoms with van der Waals surface area (Å²) < 4.78 is 0. The summed E-state index contributed by atoms with van der Waals surface area (Å²) in [6.07, 6.45) is 0.878. The molecule has 3 aromatic rings. The highest BCUT2D eigenvalue weighted by Gasteiger charge is 2.68. The molecule has 0 bridgehead atoms. The molecule has 1 amide bonds. The molecule has 1 aromatic heterocycles. The van der Waals surface area contributed by atoms with Crippen molar-refractivity contribution in [2.45, 2.75) is 47.1 Å². The number of benzene rings is 2. The molecule has 1 saturated carbocycles. The number of phenolic OH excluding ortho intramolecular Hbond substituents is 1. The Morgan fingerprint density at radius 1 is 1.12 bits per heavy atom. The van der Waals surface area contributed by atoms with Crippen LogP contribution in [0, 0.1) is 23.7 Å². The minimum atomic E-state index is 0. The average Bonchev–Trinajstić information content (AvgIpc) is 3.04. The van der Waals surface area contributed by atoms with Gasteiger partial charge in [-0.05, 0) is 54.0 Å². The molecular weight excluding hydrogens is 412 g/mol. The van der Waals surface area contributed by atoms with Gasteiger partial charge in [0, 0.05) is 33.3 Å². The summed E-state index contributed by atoms with van der Waals surface area (Å²) in [6, 6.07) is 13.4. The number of hydrogen-bond acceptors (Lipinski definition) is 5. The molecule has 2 aliphatic rings. The molecule has 6 heteroatoms. The van der Waals surface area contributed by atoms with E-state index in [1.54, 1.807) is 12.1 Å². The van der Waals surface area contributed by atoms with Crippen LogP contribution in [0.1, 0.15) is 42.5 Å². The van der Waals surface area contributed by atoms with E-state index < -0.39 is 0 Å². The Hall–Kier alpha value is -3.15. The third-order valence-corrected chi connectivity index (χ3v) is 8.09. The SMILES string of the molecule is Cc1ccc2c(N3CC[C@@H](NC(=O)C4C(C)(C)C4(C)C)C3)nc(-c3ccccc3O)nc2c1.[HH].[HH]. The predicted octanol–water partition coefficient (Wildman–Crippen LogP) is 5.18. The smallest absolute Gasteiger partial charge is 0.224 e. The Bertz CT molecular complexity index is 1250. The van der Waals surface area contributed by atoms with Crippen LogP contribution in [-0.4, -0.2) is 40.1 Å². The summed E-state index contributed by atoms with van der Waals surface area (Å²) in [6.45, 7) is 12.3. The van der Waals surface area contributed by atoms with Crippen LogP contribution in [0.2, 0.25) is 0 Å². The Balaban J connectivity index is 0.00000171. The van der Waals surface area contributed by atoms with E-state index in [0.29, 0.717) is 17.9 Å². The number of nitrogens with zero attached hydrogens (tertiary/aromatic N) is 3. The number of aromatic hydroxyl groups is 1. The molecule has 1 atom stereocenters. The summed E-state index contributed by atoms with van der Waals surface area (Å²) in [5.74, 6) is 1.73. The van der Waals surface area contributed by atoms with E-state index in [1.165, 1.54) is 0 Å². The normalized spacial score (nSPS) is 21.4. The highest BCUT2D eigenvalue weighted by atomic mass is 16.3. The Labute approximate surface area is 198 Å². The quantitative estimate of drug-likeness (QED) is 0.575. The van der Waals surface area contributed by atoms with Crippen molar-refractivity contribution in [2.75, 3.05) is 18.0 Å². The third-order valence-electron chi connectivity index (χ3n) is 8.09. The second-order valence-electron chi connectivity index (χ2n) is 10.7. The average molecular weight is 449 g/mol. The van der Waals surface area contributed by atoms with Crippen molar-refractivity contribution in [2.24, 2.45) is 16.7 Å². The van der Waals surface area contributed by atoms with Crippen LogP contribution >= 0.6 is 0 Å². The highest BCUT2D eigenvalue weighted by molar-refractivity contribution is 5.92. The van der Waals surface area contributed by atoms with E-state index in [0.717, 1.165) is 35.2 Å². The molecule has 0 spiro atoms. The van der Waals surface area contributed by atoms with Gasteiger partial charge in [-0.2, -0.15) is 0 Å². The van der Waals surface area contributed by atoms with Crippen molar-refractivity contribution in [3.8, 4) is 17.1 Å². The maximum Gasteiger partial charge on any atom is 0.224 e. The largest absolute Gasteiger partial charge is 0.507 e. The number of aromatic nitrogens is 2. The first kappa shape index (κ1) is 21.7. The standard InChI is InChI=1S/C27H32N4O2.2H2/c1-16-10-11-18-20(14-16)29-23(19-8-6-7-9-21(19)32)30-24(18)31-13-12-17(15-31)28-25(33)22-26(2,3)27(22,4)5;;/h6-11,14,17,22,32H,12-13,15H2,1-5H3,(H,28,33);2*1H/t17-;;/m1../s1. The highest BCUT2D eigenvalue weighted by Crippen LogP contribution is 2.68. The summed E-state index contributed by atoms with van der Waals surface area (Å²) in [5, 5.41) is 14.7. The fourth-order valence-electron chi connectivity index (χ4n) is 5.45. The zero-order chi connectivity index (χ0) is 23.5. The molecule has 2 heterocycles. The van der Waals surface area contributed by atoms with Gasteiger partial charge >= 0.3 is 0 Å². The van der Waals surface area contributed by atoms with Crippen LogP contribution in [0.5, 0.6) is 5.75 Å². The van der Waals surface area contributed by atoms with Crippen molar-refractivity contribution in [1.82, 2.24) is 15.3 Å². The Morgan fingerprint density at radius 2 is 1.85 bits per heavy atom. The van der Waals surface area contributed by atoms with E-state index in [-0.39, 0.29) is 37.3 Å². The maximum absolute atomic E-state index is 13.0. The summed E-state index contributed by atoms with van der Waals surface area (Å²) >= 11 is 0. The number of carbonyl (C=O) groups is 1. The fourth-order valence-corrected chi connectivity index (χ4v) is 5.45. The molecule has 1 saturated heterocycles. The van der Waals surface area contributed by atoms with Crippen LogP contribution in [-0.2, 0) is 4.79 Å². The van der Waals surface area contributed by atoms with Crippen molar-refractivity contribution in [3.05, 3.63) is 48.0 Å². The first-order chi connectivity index (χ1) is 15.6. The minimum Gasteiger partial charge on any atom is -0.507 e. The molecule has 1 aliphatic heterocycles. The molecule has 0 radical (unpaired) electrons. The number of fused-ring (bicyclic) bond motifs is 1. The number of anilines is 1. The van der Waals surface area contributed by atoms with Crippen molar-refractivity contribution in [3.63, 3.8) is 0 Å². The Morgan fingerprint density at radius 3 is 2.55 bits per heavy atom. The molecule has 2 aromatic carbocycles. The molecule has 2 fully saturated rings. The van der Waals surface area contributed by atoms with Crippen LogP contribution < -0.4 is 10.2 Å². The second-order valence-corrected chi connectivity index (χ2v) is 10.7. The maximum atomic E-state index is 13.0. The lowest BCUT2D eigenvalue weighted by Gasteiger charge is -2.21. The molecule has 1 aliphatic carbocycles. The summed E-state index contributed by atoms with van der Waals surface area (Å²) in [7, 11) is 0. The van der Waals surface area contributed by atoms with Crippen LogP contribution in [0.15, 0.2) is 42.5 Å². The number of phenols is 1. The van der Waals surface area contributed by atoms with E-state index in [4.69, 9.17) is 9.97 Å². The summed E-state index contributed by atoms with van der Waals surface area (Å²) in [5.41, 5.74) is 2.65. The zero-order valence-corrected chi connectivity index (χ0v) is 20.0. The lowest BCUT2D eigenvalue weighted by molar-refractivity contribution is -0.124. The Kier molecular flexibility index (Phi) is 4.89. The first-order valence-corrected chi connectivity index (χ1v) is 11.7. The van der Waals surface area contributed by atoms with Gasteiger partial charge in [0.05, 0.1) is 11.1 Å². The lowest BCUT2D eigenvalue weighted by Crippen LogP contribution is -2.39. The molecule has 5 rings (SSSR count). The van der Waals surface area contributed by atoms with Gasteiger partial charge in [0.1, 0.15) is 11.6 Å². The topological polar surface area (TPSA) is 78.4 Å². The van der Waals surface area contributed by atoms with E-state index >= 15 is 0 Å². The molecule has 2 N–H and O–H groups in total. The van der Waals surface area contributed by atoms with Gasteiger partial charge < -0.3 is 15.3 Å². The van der Waals surface area contributed by atoms with Gasteiger partial charge in [0.25, 0.3) is 0 Å². The van der Waals surface area contributed by atoms with Gasteiger partial charge in [-0.1, -0.05) is 45.9 Å². The van der Waals surface area contributed by atoms with Gasteiger partial charge in [-0.15, -0.1) is 0 Å². The van der Waals surface area contributed by atoms with Gasteiger partial charge in [0.15, 0.2) is 5.82 Å². The second kappa shape index (κ2) is 7.44. The van der Waals surface area contributed by atoms with Gasteiger partial charge in [-0.3, -0.25) is 4.79 Å². The van der Waals surface area contributed by atoms with Gasteiger partial charge in [0.2, 0.25) is 5.91 Å². The zero-order valence-electron chi connectivity index (χ0n) is 20.0. The van der Waals surface area contributed by atoms with Crippen molar-refractivity contribution < 1.29 is 12.8 Å². The molecule has 33 heavy (non-hydrogen) atoms. The number of rotatable bonds is 4. The third kappa shape index (κ3) is 3.52. The monoisotopic (exact) mass is 448 g/mol. The summed E-state index contributed by atoms with van der Waals surface area (Å²) in [4.78, 5) is 24.9. The molecule has 0 unspecified atom stereocenters. The molecular formula is C27H36N4O2. The number of hydrogen-bond donors (Lipinski definition) is 2. The van der Waals surface area contributed by atoms with Gasteiger partial charge in [-0.25, -0.2) is 9.97 Å². The first-order valence-electron chi connectivity index (χ1n) is 11.7. The lowest BCUT2D eigenvalue weighted by atomic mass is 10.0. The van der Waals surface area contributed by atoms with Crippen LogP contribution in [0.3, 0.4) is 0 Å². The van der Waals surface area contributed by atoms with Crippen LogP contribution in [0.4, 0.5) is 5.82 Å². The predicted molar refractivity (Wildman–Crippen MR) is 135 cm³/mol. The van der Waals surface area contributed by atoms with E-state index in [9.17, 15) is 9.90 Å². The fraction of sp³-hybridized carbons (Fsp3) is 0.444. The molecule has 176 valence electrons. The van der Waals surface area contributed by atoms with E-state index in [1.807, 2.05) is 19.1 Å². The minimum absolute atomic E-state index is 0. The number of nitrogens with one attached hydrogen (secondary N) is 1. The van der Waals surface area contributed by atoms with Crippen molar-refractivity contribution >= 4 is 22.6 Å². The van der Waals surface area contributed by atoms with Crippen LogP contribution in [0.25, 0.3) is 22.3 Å². The number of carbonyl (C=O) groups excluding carboxylic acids is 1. The van der Waals surface area contributed by atoms with E-state index in [2.05, 4.69) is 56.1 Å². The number of amides is 1. The number of para-hydroxylation sites is 1. The molecule has 6 nitrogen and oxygen atoms in total. The van der Waals surface area contributed by atoms with Crippen molar-refractivity contribution in [1.29, 1.82) is 0 Å². The number of aryl methyl sites for hydroxylation is 1.